The molecule has 55 heavy (non-hydrogen) atoms. The van der Waals surface area contributed by atoms with Gasteiger partial charge in [0, 0.05) is 45.1 Å². The molecule has 0 spiro atoms. The zero-order chi connectivity index (χ0) is 39.4. The van der Waals surface area contributed by atoms with Crippen molar-refractivity contribution in [1.29, 1.82) is 0 Å². The molecule has 0 bridgehead atoms. The Kier molecular flexibility index (Phi) is 8.32. The highest BCUT2D eigenvalue weighted by Gasteiger charge is 2.25. The van der Waals surface area contributed by atoms with Gasteiger partial charge in [-0.3, -0.25) is 4.98 Å². The molecule has 3 heterocycles. The van der Waals surface area contributed by atoms with E-state index in [0.29, 0.717) is 0 Å². The van der Waals surface area contributed by atoms with E-state index < -0.39 is 0 Å². The molecule has 8 rings (SSSR count). The number of pyridine rings is 1. The molecule has 0 N–H and O–H groups in total. The molecule has 0 amide bonds. The molecule has 0 aliphatic carbocycles. The van der Waals surface area contributed by atoms with Crippen LogP contribution in [0.1, 0.15) is 111 Å². The van der Waals surface area contributed by atoms with Gasteiger partial charge < -0.3 is 9.13 Å². The van der Waals surface area contributed by atoms with Crippen molar-refractivity contribution in [2.75, 3.05) is 0 Å². The number of aryl methyl sites for hydroxylation is 1. The molecule has 0 saturated heterocycles. The van der Waals surface area contributed by atoms with E-state index >= 15 is 0 Å². The standard InChI is InChI=1S/C52H57N3/c1-32-14-19-43(54-44-20-15-33(49(2,3)4)27-38(44)39-28-34(50(5,6)7)16-21-45(39)54)37(26-32)42-31-53-25-24-48(42)55-46-22-17-35(51(8,9)10)29-40(46)41-30-36(52(11,12)13)18-23-47(41)55/h14-31H,1-13H3. The lowest BCUT2D eigenvalue weighted by Gasteiger charge is -2.21. The van der Waals surface area contributed by atoms with Crippen LogP contribution in [0.15, 0.2) is 109 Å². The second-order valence-electron chi connectivity index (χ2n) is 20.0. The Hall–Kier alpha value is -5.15. The van der Waals surface area contributed by atoms with Crippen LogP contribution in [-0.4, -0.2) is 14.1 Å². The fraction of sp³-hybridized carbons (Fsp3) is 0.327. The van der Waals surface area contributed by atoms with E-state index in [1.807, 2.05) is 6.20 Å². The van der Waals surface area contributed by atoms with Crippen molar-refractivity contribution in [1.82, 2.24) is 14.1 Å². The number of hydrogen-bond acceptors (Lipinski definition) is 1. The summed E-state index contributed by atoms with van der Waals surface area (Å²) < 4.78 is 4.97. The zero-order valence-electron chi connectivity index (χ0n) is 35.2. The van der Waals surface area contributed by atoms with Gasteiger partial charge in [-0.1, -0.05) is 119 Å². The Labute approximate surface area is 328 Å². The summed E-state index contributed by atoms with van der Waals surface area (Å²) in [7, 11) is 0. The van der Waals surface area contributed by atoms with Gasteiger partial charge in [0.05, 0.1) is 33.4 Å². The Balaban J connectivity index is 1.45. The van der Waals surface area contributed by atoms with Crippen molar-refractivity contribution in [2.45, 2.75) is 112 Å². The van der Waals surface area contributed by atoms with Crippen LogP contribution in [0.3, 0.4) is 0 Å². The maximum Gasteiger partial charge on any atom is 0.0572 e. The summed E-state index contributed by atoms with van der Waals surface area (Å²) >= 11 is 0. The average Bonchev–Trinajstić information content (AvgIpc) is 3.61. The van der Waals surface area contributed by atoms with Gasteiger partial charge in [-0.15, -0.1) is 0 Å². The average molecular weight is 724 g/mol. The number of hydrogen-bond donors (Lipinski definition) is 0. The van der Waals surface area contributed by atoms with E-state index in [4.69, 9.17) is 4.98 Å². The Morgan fingerprint density at radius 3 is 1.07 bits per heavy atom. The molecule has 8 aromatic rings. The highest BCUT2D eigenvalue weighted by atomic mass is 15.0. The van der Waals surface area contributed by atoms with E-state index in [-0.39, 0.29) is 21.7 Å². The molecular formula is C52H57N3. The summed E-state index contributed by atoms with van der Waals surface area (Å²) in [6, 6.07) is 37.5. The van der Waals surface area contributed by atoms with Crippen molar-refractivity contribution in [3.8, 4) is 22.5 Å². The van der Waals surface area contributed by atoms with E-state index in [2.05, 4.69) is 202 Å². The number of rotatable bonds is 3. The summed E-state index contributed by atoms with van der Waals surface area (Å²) in [5.74, 6) is 0. The summed E-state index contributed by atoms with van der Waals surface area (Å²) in [5, 5.41) is 5.15. The first-order valence-electron chi connectivity index (χ1n) is 20.0. The number of benzene rings is 5. The summed E-state index contributed by atoms with van der Waals surface area (Å²) in [4.78, 5) is 4.82. The van der Waals surface area contributed by atoms with Gasteiger partial charge >= 0.3 is 0 Å². The summed E-state index contributed by atoms with van der Waals surface area (Å²) in [6.45, 7) is 29.8. The van der Waals surface area contributed by atoms with Crippen molar-refractivity contribution in [3.05, 3.63) is 137 Å². The normalized spacial score (nSPS) is 13.2. The molecule has 3 heteroatoms. The van der Waals surface area contributed by atoms with E-state index in [1.165, 1.54) is 71.4 Å². The second kappa shape index (κ2) is 12.4. The minimum Gasteiger partial charge on any atom is -0.309 e. The first kappa shape index (κ1) is 36.8. The fourth-order valence-electron chi connectivity index (χ4n) is 8.28. The summed E-state index contributed by atoms with van der Waals surface area (Å²) in [6.07, 6.45) is 4.02. The predicted molar refractivity (Wildman–Crippen MR) is 238 cm³/mol. The van der Waals surface area contributed by atoms with E-state index in [0.717, 1.165) is 22.5 Å². The van der Waals surface area contributed by atoms with Crippen LogP contribution in [0, 0.1) is 6.92 Å². The summed E-state index contributed by atoms with van der Waals surface area (Å²) in [5.41, 5.74) is 16.1. The van der Waals surface area contributed by atoms with Gasteiger partial charge in [-0.05, 0) is 118 Å². The van der Waals surface area contributed by atoms with E-state index in [9.17, 15) is 0 Å². The third-order valence-electron chi connectivity index (χ3n) is 11.7. The number of fused-ring (bicyclic) bond motifs is 6. The lowest BCUT2D eigenvalue weighted by molar-refractivity contribution is 0.590. The lowest BCUT2D eigenvalue weighted by Crippen LogP contribution is -2.10. The van der Waals surface area contributed by atoms with Crippen LogP contribution in [-0.2, 0) is 21.7 Å². The van der Waals surface area contributed by atoms with Crippen molar-refractivity contribution in [3.63, 3.8) is 0 Å². The Morgan fingerprint density at radius 1 is 0.382 bits per heavy atom. The molecule has 0 unspecified atom stereocenters. The molecule has 0 fully saturated rings. The van der Waals surface area contributed by atoms with Gasteiger partial charge in [-0.2, -0.15) is 0 Å². The van der Waals surface area contributed by atoms with E-state index in [1.54, 1.807) is 0 Å². The van der Waals surface area contributed by atoms with Crippen LogP contribution in [0.4, 0.5) is 0 Å². The fourth-order valence-corrected chi connectivity index (χ4v) is 8.28. The van der Waals surface area contributed by atoms with Crippen molar-refractivity contribution in [2.24, 2.45) is 0 Å². The lowest BCUT2D eigenvalue weighted by atomic mass is 9.85. The molecule has 0 aliphatic rings. The number of nitrogens with zero attached hydrogens (tertiary/aromatic N) is 3. The zero-order valence-corrected chi connectivity index (χ0v) is 35.2. The van der Waals surface area contributed by atoms with Crippen LogP contribution >= 0.6 is 0 Å². The third-order valence-corrected chi connectivity index (χ3v) is 11.7. The first-order valence-corrected chi connectivity index (χ1v) is 20.0. The molecule has 0 aliphatic heterocycles. The topological polar surface area (TPSA) is 22.8 Å². The predicted octanol–water partition coefficient (Wildman–Crippen LogP) is 14.4. The van der Waals surface area contributed by atoms with Crippen LogP contribution in [0.5, 0.6) is 0 Å². The third kappa shape index (κ3) is 6.26. The molecule has 0 atom stereocenters. The largest absolute Gasteiger partial charge is 0.309 e. The van der Waals surface area contributed by atoms with Crippen molar-refractivity contribution >= 4 is 43.6 Å². The van der Waals surface area contributed by atoms with Gasteiger partial charge in [-0.25, -0.2) is 0 Å². The van der Waals surface area contributed by atoms with Gasteiger partial charge in [0.1, 0.15) is 0 Å². The molecule has 0 saturated carbocycles. The highest BCUT2D eigenvalue weighted by molar-refractivity contribution is 6.12. The van der Waals surface area contributed by atoms with Gasteiger partial charge in [0.2, 0.25) is 0 Å². The number of aromatic nitrogens is 3. The minimum atomic E-state index is 0.0339. The molecule has 3 aromatic heterocycles. The monoisotopic (exact) mass is 723 g/mol. The molecular weight excluding hydrogens is 667 g/mol. The maximum absolute atomic E-state index is 4.82. The van der Waals surface area contributed by atoms with Gasteiger partial charge in [0.25, 0.3) is 0 Å². The highest BCUT2D eigenvalue weighted by Crippen LogP contribution is 2.43. The van der Waals surface area contributed by atoms with Crippen LogP contribution in [0.25, 0.3) is 66.1 Å². The second-order valence-corrected chi connectivity index (χ2v) is 20.0. The first-order chi connectivity index (χ1) is 25.7. The van der Waals surface area contributed by atoms with Crippen LogP contribution < -0.4 is 0 Å². The maximum atomic E-state index is 4.82. The molecule has 3 nitrogen and oxygen atoms in total. The SMILES string of the molecule is Cc1ccc(-n2c3ccc(C(C)(C)C)cc3c3cc(C(C)(C)C)ccc32)c(-c2cnccc2-n2c3ccc(C(C)(C)C)cc3c3cc(C(C)(C)C)ccc32)c1. The molecule has 0 radical (unpaired) electrons. The molecule has 280 valence electrons. The minimum absolute atomic E-state index is 0.0339. The van der Waals surface area contributed by atoms with Crippen LogP contribution in [0.2, 0.25) is 0 Å². The Bertz CT molecular complexity index is 2650. The smallest absolute Gasteiger partial charge is 0.0572 e. The Morgan fingerprint density at radius 2 is 0.727 bits per heavy atom. The van der Waals surface area contributed by atoms with Crippen molar-refractivity contribution < 1.29 is 0 Å². The van der Waals surface area contributed by atoms with Gasteiger partial charge in [0.15, 0.2) is 0 Å². The molecule has 5 aromatic carbocycles. The quantitative estimate of drug-likeness (QED) is 0.178.